The second kappa shape index (κ2) is 9.79. The summed E-state index contributed by atoms with van der Waals surface area (Å²) in [6, 6.07) is 14.8. The first-order valence-corrected chi connectivity index (χ1v) is 11.7. The third-order valence-electron chi connectivity index (χ3n) is 6.17. The predicted molar refractivity (Wildman–Crippen MR) is 129 cm³/mol. The van der Waals surface area contributed by atoms with E-state index in [1.54, 1.807) is 12.1 Å². The normalized spacial score (nSPS) is 19.1. The van der Waals surface area contributed by atoms with Gasteiger partial charge in [-0.3, -0.25) is 9.59 Å². The molecule has 2 aromatic rings. The first-order chi connectivity index (χ1) is 15.9. The molecular formula is C27H32N2O4. The van der Waals surface area contributed by atoms with Crippen LogP contribution in [0, 0.1) is 18.8 Å². The lowest BCUT2D eigenvalue weighted by atomic mass is 9.97. The van der Waals surface area contributed by atoms with Crippen molar-refractivity contribution in [2.45, 2.75) is 33.6 Å². The van der Waals surface area contributed by atoms with Gasteiger partial charge in [0.1, 0.15) is 11.4 Å². The van der Waals surface area contributed by atoms with E-state index in [4.69, 9.17) is 4.74 Å². The fourth-order valence-electron chi connectivity index (χ4n) is 4.40. The molecule has 2 heterocycles. The molecule has 1 atom stereocenters. The Morgan fingerprint density at radius 2 is 1.73 bits per heavy atom. The number of hydrogen-bond donors (Lipinski definition) is 1. The van der Waals surface area contributed by atoms with E-state index in [9.17, 15) is 14.7 Å². The van der Waals surface area contributed by atoms with Gasteiger partial charge < -0.3 is 14.7 Å². The van der Waals surface area contributed by atoms with Gasteiger partial charge in [-0.2, -0.15) is 0 Å². The third-order valence-corrected chi connectivity index (χ3v) is 6.17. The predicted octanol–water partition coefficient (Wildman–Crippen LogP) is 4.02. The van der Waals surface area contributed by atoms with Crippen LogP contribution in [-0.2, 0) is 9.59 Å². The summed E-state index contributed by atoms with van der Waals surface area (Å²) in [4.78, 5) is 30.5. The molecule has 0 bridgehead atoms. The Morgan fingerprint density at radius 1 is 1.03 bits per heavy atom. The van der Waals surface area contributed by atoms with Crippen LogP contribution in [0.4, 0.5) is 5.69 Å². The molecule has 1 N–H and O–H groups in total. The van der Waals surface area contributed by atoms with Crippen molar-refractivity contribution in [3.63, 3.8) is 0 Å². The molecule has 174 valence electrons. The molecule has 1 fully saturated rings. The van der Waals surface area contributed by atoms with E-state index >= 15 is 0 Å². The Hall–Kier alpha value is -3.12. The van der Waals surface area contributed by atoms with Crippen LogP contribution >= 0.6 is 0 Å². The molecule has 0 aliphatic carbocycles. The average molecular weight is 449 g/mol. The van der Waals surface area contributed by atoms with Crippen molar-refractivity contribution >= 4 is 23.1 Å². The van der Waals surface area contributed by atoms with Gasteiger partial charge in [0.2, 0.25) is 0 Å². The number of aliphatic hydroxyl groups excluding tert-OH is 1. The highest BCUT2D eigenvalue weighted by atomic mass is 16.5. The highest BCUT2D eigenvalue weighted by molar-refractivity contribution is 6.45. The summed E-state index contributed by atoms with van der Waals surface area (Å²) >= 11 is 0. The minimum atomic E-state index is -0.319. The number of piperidine rings is 1. The minimum Gasteiger partial charge on any atom is -0.493 e. The Labute approximate surface area is 195 Å². The fourth-order valence-corrected chi connectivity index (χ4v) is 4.40. The number of carbonyl (C=O) groups is 2. The van der Waals surface area contributed by atoms with Crippen molar-refractivity contribution in [3.05, 3.63) is 65.4 Å². The maximum atomic E-state index is 13.6. The number of amides is 2. The number of hydrogen-bond acceptors (Lipinski definition) is 5. The van der Waals surface area contributed by atoms with E-state index in [0.717, 1.165) is 24.2 Å². The number of imide groups is 1. The summed E-state index contributed by atoms with van der Waals surface area (Å²) < 4.78 is 5.79. The first kappa shape index (κ1) is 23.1. The largest absolute Gasteiger partial charge is 0.493 e. The highest BCUT2D eigenvalue weighted by Crippen LogP contribution is 2.37. The number of aryl methyl sites for hydroxylation is 1. The zero-order valence-corrected chi connectivity index (χ0v) is 19.6. The molecular weight excluding hydrogens is 416 g/mol. The number of ether oxygens (including phenoxy) is 1. The topological polar surface area (TPSA) is 70.1 Å². The molecule has 4 rings (SSSR count). The lowest BCUT2D eigenvalue weighted by Gasteiger charge is -2.34. The summed E-state index contributed by atoms with van der Waals surface area (Å²) in [6.07, 6.45) is 1.79. The molecule has 2 aromatic carbocycles. The van der Waals surface area contributed by atoms with Gasteiger partial charge in [-0.1, -0.05) is 43.7 Å². The molecule has 2 amide bonds. The molecule has 33 heavy (non-hydrogen) atoms. The molecule has 2 aliphatic rings. The lowest BCUT2D eigenvalue weighted by Crippen LogP contribution is -2.40. The number of rotatable bonds is 7. The zero-order chi connectivity index (χ0) is 23.5. The van der Waals surface area contributed by atoms with E-state index in [1.807, 2.05) is 48.2 Å². The van der Waals surface area contributed by atoms with Gasteiger partial charge in [-0.05, 0) is 61.4 Å². The highest BCUT2D eigenvalue weighted by Gasteiger charge is 2.43. The van der Waals surface area contributed by atoms with E-state index in [-0.39, 0.29) is 24.3 Å². The van der Waals surface area contributed by atoms with Crippen LogP contribution in [-0.4, -0.2) is 48.1 Å². The maximum Gasteiger partial charge on any atom is 0.282 e. The van der Waals surface area contributed by atoms with Crippen molar-refractivity contribution < 1.29 is 19.4 Å². The van der Waals surface area contributed by atoms with Crippen LogP contribution in [0.5, 0.6) is 5.75 Å². The van der Waals surface area contributed by atoms with E-state index in [0.29, 0.717) is 48.1 Å². The molecule has 0 saturated carbocycles. The smallest absolute Gasteiger partial charge is 0.282 e. The number of carbonyl (C=O) groups excluding carboxylic acids is 2. The van der Waals surface area contributed by atoms with Crippen molar-refractivity contribution in [2.24, 2.45) is 11.8 Å². The minimum absolute atomic E-state index is 0.0742. The van der Waals surface area contributed by atoms with Crippen molar-refractivity contribution in [3.8, 4) is 5.75 Å². The van der Waals surface area contributed by atoms with Gasteiger partial charge >= 0.3 is 0 Å². The quantitative estimate of drug-likeness (QED) is 0.648. The average Bonchev–Trinajstić information content (AvgIpc) is 3.08. The monoisotopic (exact) mass is 448 g/mol. The van der Waals surface area contributed by atoms with Crippen LogP contribution < -0.4 is 9.64 Å². The Balaban J connectivity index is 1.73. The van der Waals surface area contributed by atoms with Crippen LogP contribution in [0.1, 0.15) is 37.8 Å². The summed E-state index contributed by atoms with van der Waals surface area (Å²) in [5.74, 6) is 0.615. The molecule has 0 spiro atoms. The van der Waals surface area contributed by atoms with Crippen molar-refractivity contribution in [2.75, 3.05) is 31.2 Å². The van der Waals surface area contributed by atoms with Crippen LogP contribution in [0.3, 0.4) is 0 Å². The SMILES string of the molecule is Cc1ccc(N2C(=O)C(c3ccc(OCC(C)C)cc3)=C(N3CCCC(CO)C3)C2=O)cc1. The zero-order valence-electron chi connectivity index (χ0n) is 19.6. The fraction of sp³-hybridized carbons (Fsp3) is 0.407. The summed E-state index contributed by atoms with van der Waals surface area (Å²) in [7, 11) is 0. The Bertz CT molecular complexity index is 1040. The molecule has 1 unspecified atom stereocenters. The van der Waals surface area contributed by atoms with Crippen LogP contribution in [0.2, 0.25) is 0 Å². The van der Waals surface area contributed by atoms with Crippen molar-refractivity contribution in [1.29, 1.82) is 0 Å². The van der Waals surface area contributed by atoms with Gasteiger partial charge in [0.05, 0.1) is 17.9 Å². The van der Waals surface area contributed by atoms with E-state index in [2.05, 4.69) is 13.8 Å². The lowest BCUT2D eigenvalue weighted by molar-refractivity contribution is -0.120. The van der Waals surface area contributed by atoms with Gasteiger partial charge in [-0.15, -0.1) is 0 Å². The molecule has 0 aromatic heterocycles. The molecule has 2 aliphatic heterocycles. The van der Waals surface area contributed by atoms with Gasteiger partial charge in [0, 0.05) is 19.7 Å². The number of anilines is 1. The van der Waals surface area contributed by atoms with Gasteiger partial charge in [0.15, 0.2) is 0 Å². The number of aliphatic hydroxyl groups is 1. The number of benzene rings is 2. The molecule has 1 saturated heterocycles. The summed E-state index contributed by atoms with van der Waals surface area (Å²) in [6.45, 7) is 8.08. The van der Waals surface area contributed by atoms with Gasteiger partial charge in [0.25, 0.3) is 11.8 Å². The van der Waals surface area contributed by atoms with E-state index in [1.165, 1.54) is 4.90 Å². The van der Waals surface area contributed by atoms with Crippen LogP contribution in [0.25, 0.3) is 5.57 Å². The third kappa shape index (κ3) is 4.81. The molecule has 6 nitrogen and oxygen atoms in total. The first-order valence-electron chi connectivity index (χ1n) is 11.7. The van der Waals surface area contributed by atoms with Crippen LogP contribution in [0.15, 0.2) is 54.2 Å². The second-order valence-electron chi connectivity index (χ2n) is 9.37. The standard InChI is InChI=1S/C27H32N2O4/c1-18(2)17-33-23-12-8-21(9-13-23)24-25(28-14-4-5-20(15-28)16-30)27(32)29(26(24)31)22-10-6-19(3)7-11-22/h6-13,18,20,30H,4-5,14-17H2,1-3H3. The number of likely N-dealkylation sites (tertiary alicyclic amines) is 1. The summed E-state index contributed by atoms with van der Waals surface area (Å²) in [5.41, 5.74) is 3.16. The number of nitrogens with zero attached hydrogens (tertiary/aromatic N) is 2. The second-order valence-corrected chi connectivity index (χ2v) is 9.37. The van der Waals surface area contributed by atoms with Gasteiger partial charge in [-0.25, -0.2) is 4.90 Å². The molecule has 0 radical (unpaired) electrons. The Morgan fingerprint density at radius 3 is 2.36 bits per heavy atom. The summed E-state index contributed by atoms with van der Waals surface area (Å²) in [5, 5.41) is 9.71. The van der Waals surface area contributed by atoms with E-state index < -0.39 is 0 Å². The molecule has 6 heteroatoms. The van der Waals surface area contributed by atoms with Crippen molar-refractivity contribution in [1.82, 2.24) is 4.90 Å². The maximum absolute atomic E-state index is 13.6. The Kier molecular flexibility index (Phi) is 6.84.